The van der Waals surface area contributed by atoms with E-state index in [0.29, 0.717) is 32.6 Å². The number of hydrogen-bond donors (Lipinski definition) is 1. The maximum Gasteiger partial charge on any atom is 0.263 e. The standard InChI is InChI=1S/C20H16Cl2N6O2S/c1-3-8-27-18(30)12-6-4-5-7-15(12)28-19(27)25-26-20(28)31-10-16(29)24-17-14(22)9-13(21)11(2)23-17/h3-7,9H,1,8,10H2,2H3,(H,23,24,29). The van der Waals surface area contributed by atoms with Gasteiger partial charge in [-0.3, -0.25) is 18.6 Å². The maximum atomic E-state index is 12.8. The van der Waals surface area contributed by atoms with E-state index in [-0.39, 0.29) is 34.6 Å². The molecule has 0 radical (unpaired) electrons. The second kappa shape index (κ2) is 8.70. The Morgan fingerprint density at radius 3 is 2.81 bits per heavy atom. The molecule has 0 saturated heterocycles. The number of amides is 1. The Morgan fingerprint density at radius 1 is 1.26 bits per heavy atom. The van der Waals surface area contributed by atoms with Crippen molar-refractivity contribution in [3.05, 3.63) is 69.1 Å². The highest BCUT2D eigenvalue weighted by Gasteiger charge is 2.17. The van der Waals surface area contributed by atoms with Crippen LogP contribution in [0.3, 0.4) is 0 Å². The summed E-state index contributed by atoms with van der Waals surface area (Å²) in [6.07, 6.45) is 1.62. The van der Waals surface area contributed by atoms with Gasteiger partial charge in [-0.25, -0.2) is 4.98 Å². The number of halogens is 2. The number of anilines is 1. The lowest BCUT2D eigenvalue weighted by molar-refractivity contribution is -0.113. The first-order chi connectivity index (χ1) is 14.9. The summed E-state index contributed by atoms with van der Waals surface area (Å²) in [5, 5.41) is 12.7. The highest BCUT2D eigenvalue weighted by atomic mass is 35.5. The number of nitrogens with zero attached hydrogens (tertiary/aromatic N) is 5. The third kappa shape index (κ3) is 4.04. The summed E-state index contributed by atoms with van der Waals surface area (Å²) in [5.41, 5.74) is 1.04. The smallest absolute Gasteiger partial charge is 0.263 e. The van der Waals surface area contributed by atoms with Gasteiger partial charge in [0.15, 0.2) is 11.0 Å². The first-order valence-electron chi connectivity index (χ1n) is 9.13. The van der Waals surface area contributed by atoms with Gasteiger partial charge in [-0.15, -0.1) is 16.8 Å². The van der Waals surface area contributed by atoms with Crippen LogP contribution in [0.5, 0.6) is 0 Å². The van der Waals surface area contributed by atoms with E-state index in [9.17, 15) is 9.59 Å². The molecular formula is C20H16Cl2N6O2S. The van der Waals surface area contributed by atoms with E-state index in [1.54, 1.807) is 29.5 Å². The highest BCUT2D eigenvalue weighted by molar-refractivity contribution is 7.99. The lowest BCUT2D eigenvalue weighted by Crippen LogP contribution is -2.22. The summed E-state index contributed by atoms with van der Waals surface area (Å²) >= 11 is 13.3. The molecule has 0 atom stereocenters. The van der Waals surface area contributed by atoms with Gasteiger partial charge in [0.2, 0.25) is 11.7 Å². The van der Waals surface area contributed by atoms with E-state index in [4.69, 9.17) is 23.2 Å². The van der Waals surface area contributed by atoms with Crippen LogP contribution >= 0.6 is 35.0 Å². The molecule has 31 heavy (non-hydrogen) atoms. The predicted molar refractivity (Wildman–Crippen MR) is 123 cm³/mol. The van der Waals surface area contributed by atoms with E-state index in [1.165, 1.54) is 22.4 Å². The monoisotopic (exact) mass is 474 g/mol. The van der Waals surface area contributed by atoms with E-state index in [0.717, 1.165) is 0 Å². The van der Waals surface area contributed by atoms with Crippen molar-refractivity contribution in [1.82, 2.24) is 24.1 Å². The minimum atomic E-state index is -0.318. The largest absolute Gasteiger partial charge is 0.309 e. The van der Waals surface area contributed by atoms with Crippen LogP contribution in [-0.2, 0) is 11.3 Å². The Labute approximate surface area is 190 Å². The summed E-state index contributed by atoms with van der Waals surface area (Å²) in [5.74, 6) is 0.340. The van der Waals surface area contributed by atoms with Gasteiger partial charge in [0.25, 0.3) is 5.56 Å². The number of thioether (sulfide) groups is 1. The molecule has 4 aromatic rings. The lowest BCUT2D eigenvalue weighted by Gasteiger charge is -2.10. The quantitative estimate of drug-likeness (QED) is 0.335. The van der Waals surface area contributed by atoms with Crippen LogP contribution in [0.15, 0.2) is 52.9 Å². The Hall–Kier alpha value is -2.88. The molecule has 3 aromatic heterocycles. The number of nitrogens with one attached hydrogen (secondary N) is 1. The zero-order valence-corrected chi connectivity index (χ0v) is 18.6. The third-order valence-corrected chi connectivity index (χ3v) is 6.08. The van der Waals surface area contributed by atoms with Gasteiger partial charge in [0, 0.05) is 6.54 Å². The number of carbonyl (C=O) groups excluding carboxylic acids is 1. The predicted octanol–water partition coefficient (Wildman–Crippen LogP) is 3.97. The van der Waals surface area contributed by atoms with Crippen molar-refractivity contribution < 1.29 is 4.79 Å². The van der Waals surface area contributed by atoms with Gasteiger partial charge < -0.3 is 5.32 Å². The van der Waals surface area contributed by atoms with Crippen LogP contribution in [0.25, 0.3) is 16.7 Å². The number of rotatable bonds is 6. The SMILES string of the molecule is C=CCn1c(=O)c2ccccc2n2c(SCC(=O)Nc3nc(C)c(Cl)cc3Cl)nnc12. The van der Waals surface area contributed by atoms with Crippen molar-refractivity contribution >= 4 is 63.4 Å². The Morgan fingerprint density at radius 2 is 2.03 bits per heavy atom. The van der Waals surface area contributed by atoms with Crippen LogP contribution in [0.2, 0.25) is 10.0 Å². The highest BCUT2D eigenvalue weighted by Crippen LogP contribution is 2.26. The summed E-state index contributed by atoms with van der Waals surface area (Å²) in [4.78, 5) is 29.5. The number of para-hydroxylation sites is 1. The first-order valence-corrected chi connectivity index (χ1v) is 10.9. The summed E-state index contributed by atoms with van der Waals surface area (Å²) in [6.45, 7) is 5.72. The number of aromatic nitrogens is 5. The topological polar surface area (TPSA) is 94.2 Å². The molecule has 0 aliphatic heterocycles. The second-order valence-electron chi connectivity index (χ2n) is 6.56. The molecule has 1 aromatic carbocycles. The van der Waals surface area contributed by atoms with Gasteiger partial charge in [-0.05, 0) is 25.1 Å². The van der Waals surface area contributed by atoms with E-state index in [1.807, 2.05) is 12.1 Å². The van der Waals surface area contributed by atoms with Crippen LogP contribution in [0, 0.1) is 6.92 Å². The van der Waals surface area contributed by atoms with E-state index >= 15 is 0 Å². The number of hydrogen-bond acceptors (Lipinski definition) is 6. The molecule has 3 heterocycles. The van der Waals surface area contributed by atoms with E-state index < -0.39 is 0 Å². The molecule has 11 heteroatoms. The molecule has 0 saturated carbocycles. The Bertz CT molecular complexity index is 1400. The van der Waals surface area contributed by atoms with Crippen LogP contribution < -0.4 is 10.9 Å². The maximum absolute atomic E-state index is 12.8. The van der Waals surface area contributed by atoms with Crippen molar-refractivity contribution in [3.63, 3.8) is 0 Å². The molecule has 0 aliphatic rings. The molecule has 0 fully saturated rings. The van der Waals surface area contributed by atoms with Gasteiger partial charge in [-0.1, -0.05) is 53.2 Å². The van der Waals surface area contributed by atoms with Crippen LogP contribution in [0.1, 0.15) is 5.69 Å². The van der Waals surface area contributed by atoms with Gasteiger partial charge >= 0.3 is 0 Å². The number of fused-ring (bicyclic) bond motifs is 3. The molecule has 0 bridgehead atoms. The van der Waals surface area contributed by atoms with Gasteiger partial charge in [0.1, 0.15) is 0 Å². The number of allylic oxidation sites excluding steroid dienone is 1. The molecule has 8 nitrogen and oxygen atoms in total. The molecule has 0 unspecified atom stereocenters. The van der Waals surface area contributed by atoms with Crippen molar-refractivity contribution in [2.75, 3.05) is 11.1 Å². The van der Waals surface area contributed by atoms with Gasteiger partial charge in [0.05, 0.1) is 32.4 Å². The number of benzene rings is 1. The van der Waals surface area contributed by atoms with Crippen LogP contribution in [0.4, 0.5) is 5.82 Å². The van der Waals surface area contributed by atoms with E-state index in [2.05, 4.69) is 27.1 Å². The van der Waals surface area contributed by atoms with Crippen molar-refractivity contribution in [1.29, 1.82) is 0 Å². The first kappa shape index (κ1) is 21.4. The molecule has 0 aliphatic carbocycles. The van der Waals surface area contributed by atoms with Crippen molar-refractivity contribution in [2.45, 2.75) is 18.6 Å². The number of carbonyl (C=O) groups is 1. The lowest BCUT2D eigenvalue weighted by atomic mass is 10.2. The minimum absolute atomic E-state index is 0.0371. The molecule has 1 N–H and O–H groups in total. The van der Waals surface area contributed by atoms with Crippen molar-refractivity contribution in [2.24, 2.45) is 0 Å². The molecule has 4 rings (SSSR count). The summed E-state index contributed by atoms with van der Waals surface area (Å²) in [6, 6.07) is 8.72. The average Bonchev–Trinajstić information content (AvgIpc) is 3.17. The molecular weight excluding hydrogens is 459 g/mol. The fourth-order valence-electron chi connectivity index (χ4n) is 3.07. The normalized spacial score (nSPS) is 11.2. The number of aryl methyl sites for hydroxylation is 1. The molecule has 1 amide bonds. The molecule has 0 spiro atoms. The van der Waals surface area contributed by atoms with Crippen molar-refractivity contribution in [3.8, 4) is 0 Å². The summed E-state index contributed by atoms with van der Waals surface area (Å²) in [7, 11) is 0. The van der Waals surface area contributed by atoms with Gasteiger partial charge in [-0.2, -0.15) is 0 Å². The zero-order chi connectivity index (χ0) is 22.1. The Kier molecular flexibility index (Phi) is 5.99. The third-order valence-electron chi connectivity index (χ3n) is 4.48. The minimum Gasteiger partial charge on any atom is -0.309 e. The molecule has 158 valence electrons. The second-order valence-corrected chi connectivity index (χ2v) is 8.32. The Balaban J connectivity index is 1.65. The zero-order valence-electron chi connectivity index (χ0n) is 16.3. The van der Waals surface area contributed by atoms with Crippen LogP contribution in [-0.4, -0.2) is 35.8 Å². The number of pyridine rings is 1. The fraction of sp³-hybridized carbons (Fsp3) is 0.150. The fourth-order valence-corrected chi connectivity index (χ4v) is 4.21. The average molecular weight is 475 g/mol. The summed E-state index contributed by atoms with van der Waals surface area (Å²) < 4.78 is 3.25.